The fraction of sp³-hybridized carbons (Fsp3) is 0.538. The highest BCUT2D eigenvalue weighted by molar-refractivity contribution is 7.99. The molecule has 0 heterocycles. The van der Waals surface area contributed by atoms with Crippen LogP contribution in [0.25, 0.3) is 0 Å². The summed E-state index contributed by atoms with van der Waals surface area (Å²) in [4.78, 5) is 0.291. The average molecular weight is 302 g/mol. The summed E-state index contributed by atoms with van der Waals surface area (Å²) in [5.41, 5.74) is 6.41. The monoisotopic (exact) mass is 302 g/mol. The quantitative estimate of drug-likeness (QED) is 0.720. The number of hydrogen-bond donors (Lipinski definition) is 2. The zero-order chi connectivity index (χ0) is 14.3. The number of nitrogens with two attached hydrogens (primary N) is 1. The summed E-state index contributed by atoms with van der Waals surface area (Å²) in [7, 11) is -3.42. The van der Waals surface area contributed by atoms with Crippen LogP contribution in [0.2, 0.25) is 0 Å². The molecule has 0 bridgehead atoms. The van der Waals surface area contributed by atoms with Crippen molar-refractivity contribution in [3.63, 3.8) is 0 Å². The van der Waals surface area contributed by atoms with Crippen LogP contribution in [-0.2, 0) is 16.6 Å². The van der Waals surface area contributed by atoms with Gasteiger partial charge < -0.3 is 5.73 Å². The van der Waals surface area contributed by atoms with Crippen molar-refractivity contribution in [2.24, 2.45) is 5.73 Å². The molecule has 1 atom stereocenters. The number of sulfonamides is 1. The van der Waals surface area contributed by atoms with Crippen LogP contribution in [0, 0.1) is 0 Å². The molecule has 0 aliphatic rings. The highest BCUT2D eigenvalue weighted by atomic mass is 32.2. The maximum Gasteiger partial charge on any atom is 0.240 e. The minimum absolute atomic E-state index is 0.0572. The SMILES string of the molecule is CCSCCC(C)NS(=O)(=O)c1ccc(CN)cc1. The molecule has 0 spiro atoms. The minimum Gasteiger partial charge on any atom is -0.326 e. The molecular formula is C13H22N2O2S2. The van der Waals surface area contributed by atoms with E-state index in [4.69, 9.17) is 5.73 Å². The van der Waals surface area contributed by atoms with Crippen LogP contribution >= 0.6 is 11.8 Å². The van der Waals surface area contributed by atoms with Gasteiger partial charge in [-0.1, -0.05) is 19.1 Å². The summed E-state index contributed by atoms with van der Waals surface area (Å²) >= 11 is 1.81. The molecule has 0 aliphatic carbocycles. The first-order chi connectivity index (χ1) is 8.99. The molecule has 108 valence electrons. The third kappa shape index (κ3) is 5.52. The van der Waals surface area contributed by atoms with Gasteiger partial charge in [0, 0.05) is 12.6 Å². The Morgan fingerprint density at radius 1 is 1.32 bits per heavy atom. The summed E-state index contributed by atoms with van der Waals surface area (Å²) in [6, 6.07) is 6.62. The van der Waals surface area contributed by atoms with Gasteiger partial charge in [0.05, 0.1) is 4.90 Å². The maximum absolute atomic E-state index is 12.1. The third-order valence-corrected chi connectivity index (χ3v) is 5.26. The van der Waals surface area contributed by atoms with Gasteiger partial charge in [0.2, 0.25) is 10.0 Å². The number of nitrogens with one attached hydrogen (secondary N) is 1. The Bertz CT molecular complexity index is 472. The predicted octanol–water partition coefficient (Wildman–Crippen LogP) is 1.96. The fourth-order valence-electron chi connectivity index (χ4n) is 1.60. The number of rotatable bonds is 8. The van der Waals surface area contributed by atoms with Crippen LogP contribution in [0.3, 0.4) is 0 Å². The summed E-state index contributed by atoms with van der Waals surface area (Å²) < 4.78 is 26.9. The first-order valence-corrected chi connectivity index (χ1v) is 9.02. The lowest BCUT2D eigenvalue weighted by Crippen LogP contribution is -2.33. The Morgan fingerprint density at radius 3 is 2.47 bits per heavy atom. The summed E-state index contributed by atoms with van der Waals surface area (Å²) in [6.07, 6.45) is 0.832. The highest BCUT2D eigenvalue weighted by Crippen LogP contribution is 2.12. The lowest BCUT2D eigenvalue weighted by Gasteiger charge is -2.14. The van der Waals surface area contributed by atoms with Gasteiger partial charge in [-0.15, -0.1) is 0 Å². The van der Waals surface area contributed by atoms with Gasteiger partial charge >= 0.3 is 0 Å². The minimum atomic E-state index is -3.42. The molecule has 19 heavy (non-hydrogen) atoms. The normalized spacial score (nSPS) is 13.4. The van der Waals surface area contributed by atoms with E-state index in [0.29, 0.717) is 11.4 Å². The topological polar surface area (TPSA) is 72.2 Å². The standard InChI is InChI=1S/C13H22N2O2S2/c1-3-18-9-8-11(2)15-19(16,17)13-6-4-12(10-14)5-7-13/h4-7,11,15H,3,8-10,14H2,1-2H3. The van der Waals surface area contributed by atoms with E-state index in [1.165, 1.54) is 0 Å². The lowest BCUT2D eigenvalue weighted by atomic mass is 10.2. The van der Waals surface area contributed by atoms with Gasteiger partial charge in [0.25, 0.3) is 0 Å². The second-order valence-electron chi connectivity index (χ2n) is 4.36. The van der Waals surface area contributed by atoms with E-state index in [-0.39, 0.29) is 6.04 Å². The number of thioether (sulfide) groups is 1. The Morgan fingerprint density at radius 2 is 1.95 bits per heavy atom. The maximum atomic E-state index is 12.1. The van der Waals surface area contributed by atoms with E-state index < -0.39 is 10.0 Å². The smallest absolute Gasteiger partial charge is 0.240 e. The van der Waals surface area contributed by atoms with Gasteiger partial charge in [0.1, 0.15) is 0 Å². The fourth-order valence-corrected chi connectivity index (χ4v) is 3.69. The van der Waals surface area contributed by atoms with E-state index in [1.54, 1.807) is 24.3 Å². The van der Waals surface area contributed by atoms with Gasteiger partial charge in [0.15, 0.2) is 0 Å². The number of hydrogen-bond acceptors (Lipinski definition) is 4. The summed E-state index contributed by atoms with van der Waals surface area (Å²) in [5.74, 6) is 2.02. The largest absolute Gasteiger partial charge is 0.326 e. The molecule has 0 saturated heterocycles. The van der Waals surface area contributed by atoms with Crippen molar-refractivity contribution in [2.75, 3.05) is 11.5 Å². The molecule has 0 saturated carbocycles. The molecule has 1 unspecified atom stereocenters. The highest BCUT2D eigenvalue weighted by Gasteiger charge is 2.16. The number of benzene rings is 1. The van der Waals surface area contributed by atoms with Gasteiger partial charge in [-0.25, -0.2) is 13.1 Å². The Kier molecular flexibility index (Phi) is 6.85. The van der Waals surface area contributed by atoms with Crippen molar-refractivity contribution >= 4 is 21.8 Å². The van der Waals surface area contributed by atoms with Crippen molar-refractivity contribution in [3.8, 4) is 0 Å². The molecule has 4 nitrogen and oxygen atoms in total. The van der Waals surface area contributed by atoms with E-state index in [0.717, 1.165) is 23.5 Å². The van der Waals surface area contributed by atoms with Crippen molar-refractivity contribution < 1.29 is 8.42 Å². The van der Waals surface area contributed by atoms with Crippen LogP contribution in [-0.4, -0.2) is 26.0 Å². The zero-order valence-electron chi connectivity index (χ0n) is 11.4. The van der Waals surface area contributed by atoms with Crippen LogP contribution in [0.1, 0.15) is 25.8 Å². The summed E-state index contributed by atoms with van der Waals surface area (Å²) in [5, 5.41) is 0. The molecule has 1 rings (SSSR count). The predicted molar refractivity (Wildman–Crippen MR) is 81.7 cm³/mol. The van der Waals surface area contributed by atoms with E-state index in [2.05, 4.69) is 11.6 Å². The Balaban J connectivity index is 2.63. The van der Waals surface area contributed by atoms with Crippen LogP contribution in [0.4, 0.5) is 0 Å². The Hall–Kier alpha value is -0.560. The van der Waals surface area contributed by atoms with Crippen LogP contribution < -0.4 is 10.5 Å². The first-order valence-electron chi connectivity index (χ1n) is 6.38. The molecule has 6 heteroatoms. The van der Waals surface area contributed by atoms with E-state index in [1.807, 2.05) is 18.7 Å². The van der Waals surface area contributed by atoms with Gasteiger partial charge in [-0.05, 0) is 42.5 Å². The molecular weight excluding hydrogens is 280 g/mol. The molecule has 0 aromatic heterocycles. The molecule has 3 N–H and O–H groups in total. The van der Waals surface area contributed by atoms with Crippen molar-refractivity contribution in [1.82, 2.24) is 4.72 Å². The van der Waals surface area contributed by atoms with Crippen molar-refractivity contribution in [1.29, 1.82) is 0 Å². The second-order valence-corrected chi connectivity index (χ2v) is 7.46. The molecule has 0 fully saturated rings. The first kappa shape index (κ1) is 16.5. The van der Waals surface area contributed by atoms with Crippen molar-refractivity contribution in [2.45, 2.75) is 37.8 Å². The van der Waals surface area contributed by atoms with Gasteiger partial charge in [-0.2, -0.15) is 11.8 Å². The zero-order valence-corrected chi connectivity index (χ0v) is 13.1. The van der Waals surface area contributed by atoms with Crippen molar-refractivity contribution in [3.05, 3.63) is 29.8 Å². The van der Waals surface area contributed by atoms with Gasteiger partial charge in [-0.3, -0.25) is 0 Å². The van der Waals surface area contributed by atoms with E-state index >= 15 is 0 Å². The molecule has 1 aromatic carbocycles. The summed E-state index contributed by atoms with van der Waals surface area (Å²) in [6.45, 7) is 4.40. The average Bonchev–Trinajstić information content (AvgIpc) is 2.38. The molecule has 0 amide bonds. The molecule has 0 aliphatic heterocycles. The lowest BCUT2D eigenvalue weighted by molar-refractivity contribution is 0.557. The van der Waals surface area contributed by atoms with E-state index in [9.17, 15) is 8.42 Å². The molecule has 1 aromatic rings. The Labute approximate surface area is 120 Å². The molecule has 0 radical (unpaired) electrons. The van der Waals surface area contributed by atoms with Crippen LogP contribution in [0.15, 0.2) is 29.2 Å². The second kappa shape index (κ2) is 7.89. The van der Waals surface area contributed by atoms with Crippen LogP contribution in [0.5, 0.6) is 0 Å². The third-order valence-electron chi connectivity index (χ3n) is 2.73.